The van der Waals surface area contributed by atoms with Crippen molar-refractivity contribution in [3.05, 3.63) is 35.4 Å². The lowest BCUT2D eigenvalue weighted by Crippen LogP contribution is -2.28. The highest BCUT2D eigenvalue weighted by Crippen LogP contribution is 2.12. The number of nitrogens with zero attached hydrogens (tertiary/aromatic N) is 2. The maximum atomic E-state index is 11.3. The predicted octanol–water partition coefficient (Wildman–Crippen LogP) is 0.610. The van der Waals surface area contributed by atoms with Crippen LogP contribution in [0.1, 0.15) is 11.1 Å². The monoisotopic (exact) mass is 215 g/mol. The average molecular weight is 215 g/mol. The van der Waals surface area contributed by atoms with Crippen LogP contribution in [0.4, 0.5) is 4.79 Å². The molecule has 0 radical (unpaired) electrons. The molecule has 1 N–H and O–H groups in total. The number of nitrogens with one attached hydrogen (secondary N) is 1. The molecule has 0 saturated carbocycles. The van der Waals surface area contributed by atoms with Crippen molar-refractivity contribution in [2.75, 3.05) is 6.54 Å². The van der Waals surface area contributed by atoms with Gasteiger partial charge in [0.05, 0.1) is 11.6 Å². The van der Waals surface area contributed by atoms with Crippen LogP contribution in [0.25, 0.3) is 0 Å². The number of urea groups is 1. The molecule has 0 aromatic heterocycles. The van der Waals surface area contributed by atoms with Gasteiger partial charge in [-0.05, 0) is 11.6 Å². The first kappa shape index (κ1) is 10.2. The van der Waals surface area contributed by atoms with Gasteiger partial charge < -0.3 is 4.90 Å². The summed E-state index contributed by atoms with van der Waals surface area (Å²) in [6, 6.07) is 8.66. The summed E-state index contributed by atoms with van der Waals surface area (Å²) in [7, 11) is 0. The van der Waals surface area contributed by atoms with Crippen LogP contribution in [0, 0.1) is 11.3 Å². The molecule has 0 unspecified atom stereocenters. The van der Waals surface area contributed by atoms with Crippen LogP contribution in [0.3, 0.4) is 0 Å². The zero-order valence-electron chi connectivity index (χ0n) is 8.43. The molecule has 0 atom stereocenters. The third kappa shape index (κ3) is 1.86. The average Bonchev–Trinajstić information content (AvgIpc) is 2.58. The lowest BCUT2D eigenvalue weighted by molar-refractivity contribution is -0.118. The van der Waals surface area contributed by atoms with E-state index in [1.54, 1.807) is 24.3 Å². The summed E-state index contributed by atoms with van der Waals surface area (Å²) >= 11 is 0. The number of benzene rings is 1. The van der Waals surface area contributed by atoms with Gasteiger partial charge in [-0.25, -0.2) is 4.79 Å². The van der Waals surface area contributed by atoms with Gasteiger partial charge in [-0.3, -0.25) is 10.1 Å². The quantitative estimate of drug-likeness (QED) is 0.734. The molecule has 5 heteroatoms. The molecule has 1 aliphatic rings. The van der Waals surface area contributed by atoms with Crippen molar-refractivity contribution in [3.63, 3.8) is 0 Å². The van der Waals surface area contributed by atoms with Crippen LogP contribution in [-0.4, -0.2) is 23.4 Å². The molecule has 80 valence electrons. The second-order valence-electron chi connectivity index (χ2n) is 3.48. The molecule has 1 heterocycles. The maximum Gasteiger partial charge on any atom is 0.324 e. The summed E-state index contributed by atoms with van der Waals surface area (Å²) in [4.78, 5) is 23.6. The van der Waals surface area contributed by atoms with Gasteiger partial charge in [-0.1, -0.05) is 18.2 Å². The topological polar surface area (TPSA) is 73.2 Å². The normalized spacial score (nSPS) is 14.8. The Morgan fingerprint density at radius 1 is 1.38 bits per heavy atom. The molecule has 1 aliphatic heterocycles. The lowest BCUT2D eigenvalue weighted by atomic mass is 10.1. The van der Waals surface area contributed by atoms with E-state index >= 15 is 0 Å². The zero-order chi connectivity index (χ0) is 11.5. The number of rotatable bonds is 2. The fraction of sp³-hybridized carbons (Fsp3) is 0.182. The number of nitriles is 1. The minimum Gasteiger partial charge on any atom is -0.311 e. The fourth-order valence-corrected chi connectivity index (χ4v) is 1.58. The molecule has 16 heavy (non-hydrogen) atoms. The Hall–Kier alpha value is -2.35. The highest BCUT2D eigenvalue weighted by molar-refractivity contribution is 6.01. The Labute approximate surface area is 92.3 Å². The van der Waals surface area contributed by atoms with Crippen molar-refractivity contribution >= 4 is 11.9 Å². The van der Waals surface area contributed by atoms with Gasteiger partial charge in [-0.2, -0.15) is 5.26 Å². The fourth-order valence-electron chi connectivity index (χ4n) is 1.58. The second-order valence-corrected chi connectivity index (χ2v) is 3.48. The van der Waals surface area contributed by atoms with E-state index in [0.717, 1.165) is 5.56 Å². The van der Waals surface area contributed by atoms with Crippen LogP contribution in [0.2, 0.25) is 0 Å². The van der Waals surface area contributed by atoms with Gasteiger partial charge in [0.1, 0.15) is 6.54 Å². The molecule has 5 nitrogen and oxygen atoms in total. The van der Waals surface area contributed by atoms with Gasteiger partial charge in [-0.15, -0.1) is 0 Å². The van der Waals surface area contributed by atoms with Crippen molar-refractivity contribution in [1.82, 2.24) is 10.2 Å². The maximum absolute atomic E-state index is 11.3. The van der Waals surface area contributed by atoms with Crippen molar-refractivity contribution in [2.24, 2.45) is 0 Å². The molecule has 0 aliphatic carbocycles. The van der Waals surface area contributed by atoms with E-state index < -0.39 is 6.03 Å². The first-order valence-electron chi connectivity index (χ1n) is 4.77. The molecule has 2 rings (SSSR count). The molecule has 1 aromatic rings. The van der Waals surface area contributed by atoms with E-state index in [9.17, 15) is 9.59 Å². The highest BCUT2D eigenvalue weighted by Gasteiger charge is 2.26. The molecule has 0 spiro atoms. The number of amides is 3. The number of hydrogen-bond donors (Lipinski definition) is 1. The van der Waals surface area contributed by atoms with Gasteiger partial charge >= 0.3 is 6.03 Å². The lowest BCUT2D eigenvalue weighted by Gasteiger charge is -2.13. The summed E-state index contributed by atoms with van der Waals surface area (Å²) < 4.78 is 0. The Bertz CT molecular complexity index is 490. The zero-order valence-corrected chi connectivity index (χ0v) is 8.43. The van der Waals surface area contributed by atoms with E-state index in [-0.39, 0.29) is 19.0 Å². The molecule has 0 bridgehead atoms. The number of carbonyl (C=O) groups excluding carboxylic acids is 2. The van der Waals surface area contributed by atoms with Crippen LogP contribution in [0.5, 0.6) is 0 Å². The number of imide groups is 1. The highest BCUT2D eigenvalue weighted by atomic mass is 16.2. The summed E-state index contributed by atoms with van der Waals surface area (Å²) in [5.41, 5.74) is 1.27. The van der Waals surface area contributed by atoms with Crippen molar-refractivity contribution < 1.29 is 9.59 Å². The van der Waals surface area contributed by atoms with Crippen molar-refractivity contribution in [3.8, 4) is 6.07 Å². The summed E-state index contributed by atoms with van der Waals surface area (Å²) in [6.45, 7) is 0.333. The SMILES string of the molecule is N#Cc1ccccc1CN1CC(=O)NC1=O. The minimum absolute atomic E-state index is 0.0542. The van der Waals surface area contributed by atoms with E-state index in [0.29, 0.717) is 5.56 Å². The van der Waals surface area contributed by atoms with E-state index in [1.165, 1.54) is 4.90 Å². The number of carbonyl (C=O) groups is 2. The second kappa shape index (κ2) is 4.03. The van der Waals surface area contributed by atoms with Gasteiger partial charge in [0.15, 0.2) is 0 Å². The van der Waals surface area contributed by atoms with Gasteiger partial charge in [0.25, 0.3) is 0 Å². The Kier molecular flexibility index (Phi) is 2.56. The molecule has 1 saturated heterocycles. The molecular weight excluding hydrogens is 206 g/mol. The smallest absolute Gasteiger partial charge is 0.311 e. The number of hydrogen-bond acceptors (Lipinski definition) is 3. The van der Waals surface area contributed by atoms with E-state index in [2.05, 4.69) is 11.4 Å². The van der Waals surface area contributed by atoms with Crippen molar-refractivity contribution in [1.29, 1.82) is 5.26 Å². The van der Waals surface area contributed by atoms with Crippen LogP contribution in [-0.2, 0) is 11.3 Å². The summed E-state index contributed by atoms with van der Waals surface area (Å²) in [5.74, 6) is -0.306. The van der Waals surface area contributed by atoms with E-state index in [1.807, 2.05) is 0 Å². The third-order valence-corrected chi connectivity index (χ3v) is 2.37. The van der Waals surface area contributed by atoms with E-state index in [4.69, 9.17) is 5.26 Å². The molecule has 1 aromatic carbocycles. The first-order chi connectivity index (χ1) is 7.70. The molecule has 1 fully saturated rings. The first-order valence-corrected chi connectivity index (χ1v) is 4.77. The van der Waals surface area contributed by atoms with Crippen LogP contribution >= 0.6 is 0 Å². The van der Waals surface area contributed by atoms with Gasteiger partial charge in [0, 0.05) is 6.54 Å². The standard InChI is InChI=1S/C11H9N3O2/c12-5-8-3-1-2-4-9(8)6-14-7-10(15)13-11(14)16/h1-4H,6-7H2,(H,13,15,16). The van der Waals surface area contributed by atoms with Crippen LogP contribution < -0.4 is 5.32 Å². The summed E-state index contributed by atoms with van der Waals surface area (Å²) in [6.07, 6.45) is 0. The molecular formula is C11H9N3O2. The van der Waals surface area contributed by atoms with Crippen LogP contribution in [0.15, 0.2) is 24.3 Å². The Morgan fingerprint density at radius 2 is 2.12 bits per heavy atom. The minimum atomic E-state index is -0.405. The molecule has 3 amide bonds. The Balaban J connectivity index is 2.19. The predicted molar refractivity (Wildman–Crippen MR) is 55.1 cm³/mol. The van der Waals surface area contributed by atoms with Crippen molar-refractivity contribution in [2.45, 2.75) is 6.54 Å². The summed E-state index contributed by atoms with van der Waals surface area (Å²) in [5, 5.41) is 11.1. The largest absolute Gasteiger partial charge is 0.324 e. The van der Waals surface area contributed by atoms with Gasteiger partial charge in [0.2, 0.25) is 5.91 Å². The Morgan fingerprint density at radius 3 is 2.75 bits per heavy atom. The third-order valence-electron chi connectivity index (χ3n) is 2.37.